The van der Waals surface area contributed by atoms with Crippen LogP contribution in [-0.2, 0) is 25.6 Å². The summed E-state index contributed by atoms with van der Waals surface area (Å²) >= 11 is 0. The Morgan fingerprint density at radius 1 is 1.02 bits per heavy atom. The minimum atomic E-state index is -1.24. The fraction of sp³-hybridized carbons (Fsp3) is 0.421. The molecule has 1 N–H and O–H groups in total. The zero-order valence-corrected chi connectivity index (χ0v) is 32.1. The number of ether oxygens (including phenoxy) is 4. The van der Waals surface area contributed by atoms with Crippen molar-refractivity contribution in [2.45, 2.75) is 72.8 Å². The molecule has 0 saturated carbocycles. The van der Waals surface area contributed by atoms with Crippen LogP contribution in [0.1, 0.15) is 70.3 Å². The molecule has 5 aromatic rings. The molecule has 5 rings (SSSR count). The number of fused-ring (bicyclic) bond motifs is 1. The standard InChI is InChI=1S/C38H47N9O8/c1-8-51-36-39-32-17-11-16-31(33(32)46(36)23-27-18-20-28(21-19-27)29-14-9-10-15-30(29)34-40-42-43-41-34)35(48)54-26(3)55-37(49)52-24-25(2)13-12-22-53-44-47(50)45(7)38(4,5)6/h9-11,14-21,25-26H,8,12-13,22-24H2,1-7H3,(H,40,41,42,43)/b47-44-. The minimum absolute atomic E-state index is 0.0317. The van der Waals surface area contributed by atoms with Crippen molar-refractivity contribution in [2.75, 3.05) is 26.9 Å². The molecular formula is C38H47N9O8. The van der Waals surface area contributed by atoms with Gasteiger partial charge in [-0.2, -0.15) is 10.2 Å². The van der Waals surface area contributed by atoms with Gasteiger partial charge in [0.1, 0.15) is 6.61 Å². The molecular weight excluding hydrogens is 710 g/mol. The van der Waals surface area contributed by atoms with Gasteiger partial charge in [-0.1, -0.05) is 61.5 Å². The number of hydrazine groups is 1. The molecule has 55 heavy (non-hydrogen) atoms. The first-order valence-corrected chi connectivity index (χ1v) is 18.0. The Kier molecular flexibility index (Phi) is 13.2. The summed E-state index contributed by atoms with van der Waals surface area (Å²) in [5.41, 5.74) is 4.54. The van der Waals surface area contributed by atoms with Gasteiger partial charge < -0.3 is 29.0 Å². The quantitative estimate of drug-likeness (QED) is 0.0256. The molecule has 0 aliphatic carbocycles. The number of carbonyl (C=O) groups is 2. The monoisotopic (exact) mass is 757 g/mol. The first-order chi connectivity index (χ1) is 26.3. The maximum absolute atomic E-state index is 13.5. The van der Waals surface area contributed by atoms with Crippen molar-refractivity contribution >= 4 is 23.2 Å². The van der Waals surface area contributed by atoms with Gasteiger partial charge in [-0.3, -0.25) is 4.57 Å². The predicted octanol–water partition coefficient (Wildman–Crippen LogP) is 6.94. The SMILES string of the molecule is CCOc1nc2cccc(C(=O)OC(C)OC(=O)OCC(C)CCCO/N=[N+](\[O-])N(C)C(C)(C)C)c2n1Cc1ccc(-c2ccccc2-c2nn[nH]n2)cc1. The summed E-state index contributed by atoms with van der Waals surface area (Å²) in [5.74, 6) is -0.249. The largest absolute Gasteiger partial charge is 0.569 e. The molecule has 0 bridgehead atoms. The molecule has 17 heteroatoms. The highest BCUT2D eigenvalue weighted by molar-refractivity contribution is 6.02. The molecule has 17 nitrogen and oxygen atoms in total. The molecule has 0 saturated heterocycles. The van der Waals surface area contributed by atoms with Crippen LogP contribution in [-0.4, -0.2) is 91.0 Å². The molecule has 3 aromatic carbocycles. The fourth-order valence-electron chi connectivity index (χ4n) is 5.49. The third kappa shape index (κ3) is 10.5. The van der Waals surface area contributed by atoms with Crippen LogP contribution in [0.4, 0.5) is 4.79 Å². The number of carbonyl (C=O) groups excluding carboxylic acids is 2. The fourth-order valence-corrected chi connectivity index (χ4v) is 5.49. The molecule has 0 amide bonds. The molecule has 0 fully saturated rings. The highest BCUT2D eigenvalue weighted by Crippen LogP contribution is 2.31. The van der Waals surface area contributed by atoms with E-state index in [1.165, 1.54) is 11.9 Å². The van der Waals surface area contributed by atoms with E-state index in [-0.39, 0.29) is 24.7 Å². The van der Waals surface area contributed by atoms with E-state index in [0.29, 0.717) is 53.8 Å². The molecule has 0 spiro atoms. The van der Waals surface area contributed by atoms with Gasteiger partial charge in [-0.05, 0) is 80.5 Å². The van der Waals surface area contributed by atoms with E-state index in [2.05, 4.69) is 30.9 Å². The molecule has 292 valence electrons. The Bertz CT molecular complexity index is 2060. The molecule has 2 atom stereocenters. The van der Waals surface area contributed by atoms with Gasteiger partial charge in [-0.15, -0.1) is 15.2 Å². The third-order valence-electron chi connectivity index (χ3n) is 8.65. The Balaban J connectivity index is 1.18. The topological polar surface area (TPSA) is 194 Å². The number of para-hydroxylation sites is 1. The summed E-state index contributed by atoms with van der Waals surface area (Å²) in [5, 5.41) is 31.4. The van der Waals surface area contributed by atoms with Crippen LogP contribution in [0.15, 0.2) is 72.0 Å². The number of nitrogens with one attached hydrogen (secondary N) is 1. The van der Waals surface area contributed by atoms with Crippen LogP contribution < -0.4 is 4.74 Å². The van der Waals surface area contributed by atoms with E-state index < -0.39 is 24.0 Å². The Hall–Kier alpha value is -6.26. The summed E-state index contributed by atoms with van der Waals surface area (Å²) in [6.07, 6.45) is -0.995. The van der Waals surface area contributed by atoms with E-state index in [1.54, 1.807) is 25.2 Å². The lowest BCUT2D eigenvalue weighted by Gasteiger charge is -2.26. The smallest absolute Gasteiger partial charge is 0.511 e. The van der Waals surface area contributed by atoms with Crippen molar-refractivity contribution < 1.29 is 38.3 Å². The molecule has 2 heterocycles. The van der Waals surface area contributed by atoms with Crippen molar-refractivity contribution in [2.24, 2.45) is 11.2 Å². The summed E-state index contributed by atoms with van der Waals surface area (Å²) in [6, 6.07) is 21.2. The van der Waals surface area contributed by atoms with E-state index in [4.69, 9.17) is 23.8 Å². The first-order valence-electron chi connectivity index (χ1n) is 18.0. The number of imidazole rings is 1. The van der Waals surface area contributed by atoms with Crippen molar-refractivity contribution in [3.63, 3.8) is 0 Å². The van der Waals surface area contributed by atoms with E-state index >= 15 is 0 Å². The number of rotatable bonds is 17. The minimum Gasteiger partial charge on any atom is -0.569 e. The molecule has 0 aliphatic heterocycles. The van der Waals surface area contributed by atoms with Crippen LogP contribution >= 0.6 is 0 Å². The summed E-state index contributed by atoms with van der Waals surface area (Å²) in [6.45, 7) is 11.8. The van der Waals surface area contributed by atoms with Crippen molar-refractivity contribution in [1.82, 2.24) is 35.2 Å². The van der Waals surface area contributed by atoms with E-state index in [1.807, 2.05) is 87.7 Å². The summed E-state index contributed by atoms with van der Waals surface area (Å²) in [4.78, 5) is 36.1. The van der Waals surface area contributed by atoms with Crippen LogP contribution in [0.25, 0.3) is 33.5 Å². The number of benzene rings is 3. The number of nitrogens with zero attached hydrogens (tertiary/aromatic N) is 8. The van der Waals surface area contributed by atoms with Gasteiger partial charge in [0, 0.05) is 12.5 Å². The number of esters is 1. The molecule has 0 aliphatic rings. The van der Waals surface area contributed by atoms with Gasteiger partial charge in [0.15, 0.2) is 0 Å². The lowest BCUT2D eigenvalue weighted by atomic mass is 9.98. The zero-order valence-electron chi connectivity index (χ0n) is 32.1. The Morgan fingerprint density at radius 3 is 2.45 bits per heavy atom. The zero-order chi connectivity index (χ0) is 39.5. The molecule has 2 aromatic heterocycles. The third-order valence-corrected chi connectivity index (χ3v) is 8.65. The van der Waals surface area contributed by atoms with Crippen LogP contribution in [0.3, 0.4) is 0 Å². The summed E-state index contributed by atoms with van der Waals surface area (Å²) < 4.78 is 23.7. The number of H-pyrrole nitrogens is 1. The Labute approximate surface area is 318 Å². The Morgan fingerprint density at radius 2 is 1.76 bits per heavy atom. The van der Waals surface area contributed by atoms with Gasteiger partial charge in [-0.25, -0.2) is 9.59 Å². The number of tetrazole rings is 1. The highest BCUT2D eigenvalue weighted by Gasteiger charge is 2.25. The maximum Gasteiger partial charge on any atom is 0.511 e. The van der Waals surface area contributed by atoms with Crippen LogP contribution in [0.2, 0.25) is 0 Å². The number of hydrogen-bond acceptors (Lipinski definition) is 13. The normalized spacial score (nSPS) is 12.9. The van der Waals surface area contributed by atoms with Gasteiger partial charge >= 0.3 is 12.1 Å². The molecule has 0 radical (unpaired) electrons. The lowest BCUT2D eigenvalue weighted by Crippen LogP contribution is -2.42. The average Bonchev–Trinajstić information content (AvgIpc) is 3.82. The number of aromatic amines is 1. The first kappa shape index (κ1) is 39.9. The predicted molar refractivity (Wildman–Crippen MR) is 200 cm³/mol. The average molecular weight is 758 g/mol. The van der Waals surface area contributed by atoms with Gasteiger partial charge in [0.2, 0.25) is 17.4 Å². The van der Waals surface area contributed by atoms with E-state index in [0.717, 1.165) is 22.3 Å². The maximum atomic E-state index is 13.5. The van der Waals surface area contributed by atoms with Crippen LogP contribution in [0, 0.1) is 11.1 Å². The number of hydrogen-bond donors (Lipinski definition) is 1. The second-order valence-electron chi connectivity index (χ2n) is 13.8. The highest BCUT2D eigenvalue weighted by atomic mass is 16.8. The summed E-state index contributed by atoms with van der Waals surface area (Å²) in [7, 11) is 1.62. The van der Waals surface area contributed by atoms with Gasteiger partial charge in [0.25, 0.3) is 6.01 Å². The second-order valence-corrected chi connectivity index (χ2v) is 13.8. The van der Waals surface area contributed by atoms with E-state index in [9.17, 15) is 14.8 Å². The lowest BCUT2D eigenvalue weighted by molar-refractivity contribution is -0.719. The molecule has 2 unspecified atom stereocenters. The van der Waals surface area contributed by atoms with Crippen LogP contribution in [0.5, 0.6) is 6.01 Å². The number of aromatic nitrogens is 6. The van der Waals surface area contributed by atoms with Gasteiger partial charge in [0.05, 0.1) is 53.9 Å². The second kappa shape index (κ2) is 18.2. The van der Waals surface area contributed by atoms with Crippen molar-refractivity contribution in [3.05, 3.63) is 83.1 Å². The van der Waals surface area contributed by atoms with Crippen molar-refractivity contribution in [3.8, 4) is 28.5 Å². The van der Waals surface area contributed by atoms with Crippen molar-refractivity contribution in [1.29, 1.82) is 0 Å².